The van der Waals surface area contributed by atoms with Crippen LogP contribution in [-0.2, 0) is 22.7 Å². The molecule has 0 saturated heterocycles. The van der Waals surface area contributed by atoms with E-state index in [-0.39, 0.29) is 33.7 Å². The summed E-state index contributed by atoms with van der Waals surface area (Å²) in [5.74, 6) is -0.474. The number of aliphatic imine (C=N–C) groups is 1. The molecular weight excluding hydrogens is 505 g/mol. The molecule has 1 aliphatic heterocycles. The molecule has 0 saturated carbocycles. The first-order valence-corrected chi connectivity index (χ1v) is 12.0. The van der Waals surface area contributed by atoms with Gasteiger partial charge in [-0.1, -0.05) is 35.9 Å². The Morgan fingerprint density at radius 3 is 2.37 bits per heavy atom. The standard InChI is InChI=1S/C23H18ClF3N4O3S/c1-30(2)35(33,34)17-9-7-14(8-10-17)22(32)29-20-18-6-4-3-5-15(18)13-31(20)21-19(24)11-16(12-28-21)23(25,26)27/h3-12H,13H2,1-2H3. The minimum atomic E-state index is -4.61. The summed E-state index contributed by atoms with van der Waals surface area (Å²) in [5, 5.41) is -0.244. The fourth-order valence-electron chi connectivity index (χ4n) is 3.49. The molecule has 0 atom stereocenters. The summed E-state index contributed by atoms with van der Waals surface area (Å²) in [6.07, 6.45) is -3.93. The van der Waals surface area contributed by atoms with Crippen molar-refractivity contribution in [1.29, 1.82) is 0 Å². The zero-order chi connectivity index (χ0) is 25.5. The lowest BCUT2D eigenvalue weighted by Crippen LogP contribution is -2.27. The first kappa shape index (κ1) is 24.8. The number of amides is 1. The molecule has 0 fully saturated rings. The van der Waals surface area contributed by atoms with Crippen LogP contribution in [0.25, 0.3) is 0 Å². The Balaban J connectivity index is 1.73. The molecule has 0 unspecified atom stereocenters. The largest absolute Gasteiger partial charge is 0.417 e. The number of carbonyl (C=O) groups is 1. The number of benzene rings is 2. The van der Waals surface area contributed by atoms with Crippen molar-refractivity contribution in [3.63, 3.8) is 0 Å². The van der Waals surface area contributed by atoms with Crippen molar-refractivity contribution in [2.24, 2.45) is 4.99 Å². The molecule has 0 aliphatic carbocycles. The van der Waals surface area contributed by atoms with Gasteiger partial charge in [0.2, 0.25) is 10.0 Å². The summed E-state index contributed by atoms with van der Waals surface area (Å²) in [4.78, 5) is 22.6. The topological polar surface area (TPSA) is 82.9 Å². The predicted octanol–water partition coefficient (Wildman–Crippen LogP) is 4.61. The summed E-state index contributed by atoms with van der Waals surface area (Å²) in [6.45, 7) is 0.195. The number of nitrogens with zero attached hydrogens (tertiary/aromatic N) is 4. The summed E-state index contributed by atoms with van der Waals surface area (Å²) in [5.41, 5.74) is 0.519. The summed E-state index contributed by atoms with van der Waals surface area (Å²) in [6, 6.07) is 13.1. The highest BCUT2D eigenvalue weighted by Gasteiger charge is 2.34. The third-order valence-corrected chi connectivity index (χ3v) is 7.44. The molecule has 7 nitrogen and oxygen atoms in total. The normalized spacial score (nSPS) is 15.1. The van der Waals surface area contributed by atoms with Crippen LogP contribution in [0.4, 0.5) is 19.0 Å². The zero-order valence-corrected chi connectivity index (χ0v) is 20.0. The van der Waals surface area contributed by atoms with Gasteiger partial charge in [0.25, 0.3) is 5.91 Å². The maximum Gasteiger partial charge on any atom is 0.417 e. The summed E-state index contributed by atoms with van der Waals surface area (Å²) < 4.78 is 64.7. The lowest BCUT2D eigenvalue weighted by atomic mass is 10.1. The lowest BCUT2D eigenvalue weighted by molar-refractivity contribution is -0.137. The van der Waals surface area contributed by atoms with Crippen LogP contribution in [0, 0.1) is 0 Å². The van der Waals surface area contributed by atoms with E-state index in [1.807, 2.05) is 0 Å². The number of carbonyl (C=O) groups excluding carboxylic acids is 1. The average molecular weight is 523 g/mol. The third kappa shape index (κ3) is 4.79. The van der Waals surface area contributed by atoms with Crippen LogP contribution in [0.3, 0.4) is 0 Å². The first-order chi connectivity index (χ1) is 16.4. The molecule has 0 radical (unpaired) electrons. The summed E-state index contributed by atoms with van der Waals surface area (Å²) in [7, 11) is -0.879. The molecule has 0 spiro atoms. The molecule has 4 rings (SSSR count). The van der Waals surface area contributed by atoms with Gasteiger partial charge in [-0.25, -0.2) is 17.7 Å². The highest BCUT2D eigenvalue weighted by atomic mass is 35.5. The van der Waals surface area contributed by atoms with Crippen molar-refractivity contribution < 1.29 is 26.4 Å². The minimum Gasteiger partial charge on any atom is -0.305 e. The Morgan fingerprint density at radius 1 is 1.11 bits per heavy atom. The van der Waals surface area contributed by atoms with Gasteiger partial charge in [-0.2, -0.15) is 18.2 Å². The second-order valence-electron chi connectivity index (χ2n) is 7.82. The third-order valence-electron chi connectivity index (χ3n) is 5.33. The molecule has 182 valence electrons. The molecular formula is C23H18ClF3N4O3S. The van der Waals surface area contributed by atoms with E-state index in [2.05, 4.69) is 9.98 Å². The number of anilines is 1. The number of alkyl halides is 3. The SMILES string of the molecule is CN(C)S(=O)(=O)c1ccc(C(=O)N=C2c3ccccc3CN2c2ncc(C(F)(F)F)cc2Cl)cc1. The van der Waals surface area contributed by atoms with Gasteiger partial charge in [0.1, 0.15) is 5.84 Å². The van der Waals surface area contributed by atoms with E-state index in [1.165, 1.54) is 43.3 Å². The van der Waals surface area contributed by atoms with E-state index < -0.39 is 27.7 Å². The van der Waals surface area contributed by atoms with Crippen LogP contribution >= 0.6 is 11.6 Å². The highest BCUT2D eigenvalue weighted by molar-refractivity contribution is 7.89. The molecule has 1 aromatic heterocycles. The molecule has 0 bridgehead atoms. The van der Waals surface area contributed by atoms with Crippen molar-refractivity contribution in [2.75, 3.05) is 19.0 Å². The Labute approximate surface area is 204 Å². The van der Waals surface area contributed by atoms with Crippen LogP contribution in [0.15, 0.2) is 70.7 Å². The van der Waals surface area contributed by atoms with E-state index >= 15 is 0 Å². The average Bonchev–Trinajstić information content (AvgIpc) is 3.16. The van der Waals surface area contributed by atoms with Gasteiger partial charge in [0.05, 0.1) is 22.0 Å². The number of halogens is 4. The molecule has 3 aromatic rings. The number of sulfonamides is 1. The van der Waals surface area contributed by atoms with Crippen LogP contribution in [0.2, 0.25) is 5.02 Å². The predicted molar refractivity (Wildman–Crippen MR) is 125 cm³/mol. The first-order valence-electron chi connectivity index (χ1n) is 10.1. The van der Waals surface area contributed by atoms with Gasteiger partial charge in [-0.3, -0.25) is 4.79 Å². The molecule has 1 aliphatic rings. The van der Waals surface area contributed by atoms with Gasteiger partial charge in [-0.15, -0.1) is 0 Å². The number of pyridine rings is 1. The number of rotatable bonds is 4. The number of aromatic nitrogens is 1. The van der Waals surface area contributed by atoms with Crippen molar-refractivity contribution in [1.82, 2.24) is 9.29 Å². The van der Waals surface area contributed by atoms with Crippen LogP contribution in [-0.4, -0.2) is 43.5 Å². The van der Waals surface area contributed by atoms with E-state index in [0.29, 0.717) is 11.8 Å². The molecule has 2 heterocycles. The van der Waals surface area contributed by atoms with Crippen molar-refractivity contribution in [2.45, 2.75) is 17.6 Å². The van der Waals surface area contributed by atoms with E-state index in [9.17, 15) is 26.4 Å². The fraction of sp³-hybridized carbons (Fsp3) is 0.174. The van der Waals surface area contributed by atoms with Gasteiger partial charge in [0, 0.05) is 31.4 Å². The van der Waals surface area contributed by atoms with Gasteiger partial charge in [0.15, 0.2) is 5.82 Å². The number of hydrogen-bond acceptors (Lipinski definition) is 4. The second-order valence-corrected chi connectivity index (χ2v) is 10.4. The van der Waals surface area contributed by atoms with Crippen LogP contribution < -0.4 is 4.90 Å². The van der Waals surface area contributed by atoms with Crippen molar-refractivity contribution in [3.05, 3.63) is 88.1 Å². The Morgan fingerprint density at radius 2 is 1.77 bits per heavy atom. The fourth-order valence-corrected chi connectivity index (χ4v) is 4.66. The molecule has 2 aromatic carbocycles. The number of amidine groups is 1. The number of fused-ring (bicyclic) bond motifs is 1. The minimum absolute atomic E-state index is 0.0141. The van der Waals surface area contributed by atoms with E-state index in [1.54, 1.807) is 24.3 Å². The Bertz CT molecular complexity index is 1440. The maximum atomic E-state index is 13.1. The zero-order valence-electron chi connectivity index (χ0n) is 18.4. The maximum absolute atomic E-state index is 13.1. The number of hydrogen-bond donors (Lipinski definition) is 0. The highest BCUT2D eigenvalue weighted by Crippen LogP contribution is 2.36. The van der Waals surface area contributed by atoms with Crippen LogP contribution in [0.5, 0.6) is 0 Å². The molecule has 1 amide bonds. The van der Waals surface area contributed by atoms with Crippen molar-refractivity contribution >= 4 is 39.2 Å². The second kappa shape index (κ2) is 9.06. The Hall–Kier alpha value is -3.28. The Kier molecular flexibility index (Phi) is 6.43. The molecule has 0 N–H and O–H groups in total. The quantitative estimate of drug-likeness (QED) is 0.499. The molecule has 12 heteroatoms. The van der Waals surface area contributed by atoms with Gasteiger partial charge in [-0.05, 0) is 35.9 Å². The van der Waals surface area contributed by atoms with E-state index in [4.69, 9.17) is 11.6 Å². The monoisotopic (exact) mass is 522 g/mol. The van der Waals surface area contributed by atoms with Crippen LogP contribution in [0.1, 0.15) is 27.0 Å². The van der Waals surface area contributed by atoms with Gasteiger partial charge >= 0.3 is 6.18 Å². The smallest absolute Gasteiger partial charge is 0.305 e. The van der Waals surface area contributed by atoms with Gasteiger partial charge < -0.3 is 4.90 Å². The molecule has 35 heavy (non-hydrogen) atoms. The van der Waals surface area contributed by atoms with Crippen molar-refractivity contribution in [3.8, 4) is 0 Å². The van der Waals surface area contributed by atoms with E-state index in [0.717, 1.165) is 15.9 Å². The summed E-state index contributed by atoms with van der Waals surface area (Å²) >= 11 is 6.16. The lowest BCUT2D eigenvalue weighted by Gasteiger charge is -2.20.